The third-order valence-corrected chi connectivity index (χ3v) is 5.32. The van der Waals surface area contributed by atoms with E-state index in [1.807, 2.05) is 30.3 Å². The Hall–Kier alpha value is -3.52. The fourth-order valence-corrected chi connectivity index (χ4v) is 3.71. The number of rotatable bonds is 6. The molecule has 0 aliphatic carbocycles. The number of hydrogen-bond donors (Lipinski definition) is 0. The van der Waals surface area contributed by atoms with Gasteiger partial charge in [-0.1, -0.05) is 41.7 Å². The summed E-state index contributed by atoms with van der Waals surface area (Å²) in [5.74, 6) is -1.04. The van der Waals surface area contributed by atoms with Crippen LogP contribution in [0.15, 0.2) is 70.5 Å². The second kappa shape index (κ2) is 9.80. The van der Waals surface area contributed by atoms with Crippen molar-refractivity contribution in [2.75, 3.05) is 14.2 Å². The topological polar surface area (TPSA) is 87.0 Å². The van der Waals surface area contributed by atoms with Crippen molar-refractivity contribution in [1.82, 2.24) is 4.57 Å². The molecule has 1 heterocycles. The minimum Gasteiger partial charge on any atom is -0.465 e. The summed E-state index contributed by atoms with van der Waals surface area (Å²) in [5, 5.41) is 0. The Balaban J connectivity index is 2.03. The molecule has 30 heavy (non-hydrogen) atoms. The van der Waals surface area contributed by atoms with Crippen LogP contribution in [0.2, 0.25) is 0 Å². The van der Waals surface area contributed by atoms with E-state index in [9.17, 15) is 14.4 Å². The highest BCUT2D eigenvalue weighted by Gasteiger charge is 2.12. The second-order valence-corrected chi connectivity index (χ2v) is 7.27. The van der Waals surface area contributed by atoms with Crippen LogP contribution in [-0.2, 0) is 22.4 Å². The zero-order valence-electron chi connectivity index (χ0n) is 16.5. The van der Waals surface area contributed by atoms with Crippen LogP contribution in [-0.4, -0.2) is 30.7 Å². The lowest BCUT2D eigenvalue weighted by Gasteiger charge is -2.08. The first-order chi connectivity index (χ1) is 14.5. The Bertz CT molecular complexity index is 1160. The first kappa shape index (κ1) is 21.2. The van der Waals surface area contributed by atoms with Gasteiger partial charge in [0.05, 0.1) is 25.5 Å². The number of benzene rings is 2. The molecule has 0 radical (unpaired) electrons. The van der Waals surface area contributed by atoms with E-state index in [1.54, 1.807) is 24.3 Å². The quantitative estimate of drug-likeness (QED) is 0.568. The monoisotopic (exact) mass is 424 g/mol. The van der Waals surface area contributed by atoms with E-state index < -0.39 is 11.9 Å². The lowest BCUT2D eigenvalue weighted by atomic mass is 10.1. The molecule has 1 aromatic heterocycles. The lowest BCUT2D eigenvalue weighted by Crippen LogP contribution is -2.33. The fourth-order valence-electron chi connectivity index (χ4n) is 2.74. The molecule has 0 N–H and O–H groups in total. The number of esters is 2. The Morgan fingerprint density at radius 1 is 0.967 bits per heavy atom. The molecule has 7 nitrogen and oxygen atoms in total. The number of aryl methyl sites for hydroxylation is 1. The number of methoxy groups -OCH3 is 2. The van der Waals surface area contributed by atoms with Crippen LogP contribution in [0.4, 0.5) is 5.69 Å². The highest BCUT2D eigenvalue weighted by Crippen LogP contribution is 2.14. The molecule has 0 fully saturated rings. The molecule has 154 valence electrons. The van der Waals surface area contributed by atoms with E-state index in [4.69, 9.17) is 9.47 Å². The van der Waals surface area contributed by atoms with E-state index in [0.717, 1.165) is 16.9 Å². The highest BCUT2D eigenvalue weighted by atomic mass is 32.1. The molecule has 3 aromatic rings. The second-order valence-electron chi connectivity index (χ2n) is 6.26. The van der Waals surface area contributed by atoms with Crippen LogP contribution < -0.4 is 10.4 Å². The van der Waals surface area contributed by atoms with E-state index in [1.165, 1.54) is 24.9 Å². The van der Waals surface area contributed by atoms with Gasteiger partial charge in [0.2, 0.25) is 0 Å². The first-order valence-corrected chi connectivity index (χ1v) is 9.94. The van der Waals surface area contributed by atoms with Gasteiger partial charge < -0.3 is 9.47 Å². The van der Waals surface area contributed by atoms with Gasteiger partial charge in [0.15, 0.2) is 4.80 Å². The van der Waals surface area contributed by atoms with Crippen LogP contribution in [0.1, 0.15) is 25.6 Å². The molecule has 2 aromatic carbocycles. The summed E-state index contributed by atoms with van der Waals surface area (Å²) in [5.41, 5.74) is 1.67. The minimum atomic E-state index is -0.593. The molecule has 0 aliphatic rings. The van der Waals surface area contributed by atoms with Crippen molar-refractivity contribution in [2.24, 2.45) is 4.99 Å². The Morgan fingerprint density at radius 2 is 1.63 bits per heavy atom. The molecule has 0 spiro atoms. The summed E-state index contributed by atoms with van der Waals surface area (Å²) in [6.07, 6.45) is 0.634. The summed E-state index contributed by atoms with van der Waals surface area (Å²) < 4.78 is 11.0. The van der Waals surface area contributed by atoms with Gasteiger partial charge in [-0.3, -0.25) is 9.36 Å². The normalized spacial score (nSPS) is 11.2. The van der Waals surface area contributed by atoms with Crippen LogP contribution in [0.5, 0.6) is 0 Å². The predicted molar refractivity (Wildman–Crippen MR) is 113 cm³/mol. The van der Waals surface area contributed by atoms with E-state index >= 15 is 0 Å². The highest BCUT2D eigenvalue weighted by molar-refractivity contribution is 7.11. The van der Waals surface area contributed by atoms with Gasteiger partial charge in [-0.15, -0.1) is 0 Å². The van der Waals surface area contributed by atoms with Crippen molar-refractivity contribution < 1.29 is 19.1 Å². The van der Waals surface area contributed by atoms with Gasteiger partial charge in [-0.2, -0.15) is 0 Å². The summed E-state index contributed by atoms with van der Waals surface area (Å²) in [6, 6.07) is 17.5. The third kappa shape index (κ3) is 5.09. The zero-order valence-corrected chi connectivity index (χ0v) is 17.3. The molecule has 0 amide bonds. The van der Waals surface area contributed by atoms with Crippen molar-refractivity contribution >= 4 is 29.0 Å². The standard InChI is InChI=1S/C22H20N2O5S/c1-28-20(26)16-8-10-17(11-9-16)23-22-24(13-12-15-6-4-3-5-7-15)19(25)14-18(30-22)21(27)29-2/h3-11,14H,12-13H2,1-2H3. The van der Waals surface area contributed by atoms with Gasteiger partial charge in [0.25, 0.3) is 5.56 Å². The number of carbonyl (C=O) groups excluding carboxylic acids is 2. The summed E-state index contributed by atoms with van der Waals surface area (Å²) in [4.78, 5) is 41.4. The summed E-state index contributed by atoms with van der Waals surface area (Å²) >= 11 is 1.07. The van der Waals surface area contributed by atoms with Gasteiger partial charge in [0, 0.05) is 12.6 Å². The maximum absolute atomic E-state index is 12.7. The Labute approximate surface area is 176 Å². The Morgan fingerprint density at radius 3 is 2.27 bits per heavy atom. The summed E-state index contributed by atoms with van der Waals surface area (Å²) in [7, 11) is 2.57. The van der Waals surface area contributed by atoms with Gasteiger partial charge >= 0.3 is 11.9 Å². The van der Waals surface area contributed by atoms with Crippen molar-refractivity contribution in [3.63, 3.8) is 0 Å². The predicted octanol–water partition coefficient (Wildman–Crippen LogP) is 2.96. The molecule has 8 heteroatoms. The maximum Gasteiger partial charge on any atom is 0.348 e. The van der Waals surface area contributed by atoms with Crippen molar-refractivity contribution in [2.45, 2.75) is 13.0 Å². The number of aromatic nitrogens is 1. The van der Waals surface area contributed by atoms with E-state index in [2.05, 4.69) is 4.99 Å². The van der Waals surface area contributed by atoms with Gasteiger partial charge in [-0.05, 0) is 36.2 Å². The average molecular weight is 424 g/mol. The Kier molecular flexibility index (Phi) is 6.92. The van der Waals surface area contributed by atoms with Crippen molar-refractivity contribution in [3.8, 4) is 0 Å². The number of hydrogen-bond acceptors (Lipinski definition) is 7. The number of carbonyl (C=O) groups is 2. The molecule has 0 saturated carbocycles. The largest absolute Gasteiger partial charge is 0.465 e. The van der Waals surface area contributed by atoms with Gasteiger partial charge in [-0.25, -0.2) is 14.6 Å². The average Bonchev–Trinajstić information content (AvgIpc) is 2.78. The molecular formula is C22H20N2O5S. The van der Waals surface area contributed by atoms with Crippen LogP contribution in [0.25, 0.3) is 0 Å². The van der Waals surface area contributed by atoms with Gasteiger partial charge in [0.1, 0.15) is 4.88 Å². The molecule has 0 bridgehead atoms. The third-order valence-electron chi connectivity index (χ3n) is 4.32. The van der Waals surface area contributed by atoms with Crippen LogP contribution in [0.3, 0.4) is 0 Å². The van der Waals surface area contributed by atoms with Crippen LogP contribution in [0, 0.1) is 0 Å². The molecular weight excluding hydrogens is 404 g/mol. The van der Waals surface area contributed by atoms with Crippen molar-refractivity contribution in [1.29, 1.82) is 0 Å². The lowest BCUT2D eigenvalue weighted by molar-refractivity contribution is 0.0594. The van der Waals surface area contributed by atoms with Crippen LogP contribution >= 0.6 is 11.3 Å². The number of nitrogens with zero attached hydrogens (tertiary/aromatic N) is 2. The first-order valence-electron chi connectivity index (χ1n) is 9.12. The smallest absolute Gasteiger partial charge is 0.348 e. The zero-order chi connectivity index (χ0) is 21.5. The maximum atomic E-state index is 12.7. The minimum absolute atomic E-state index is 0.170. The summed E-state index contributed by atoms with van der Waals surface area (Å²) in [6.45, 7) is 0.403. The molecule has 0 saturated heterocycles. The number of ether oxygens (including phenoxy) is 2. The molecule has 0 atom stereocenters. The SMILES string of the molecule is COC(=O)c1ccc(N=c2sc(C(=O)OC)cc(=O)n2CCc2ccccc2)cc1. The molecule has 0 aliphatic heterocycles. The van der Waals surface area contributed by atoms with E-state index in [-0.39, 0.29) is 10.4 Å². The van der Waals surface area contributed by atoms with Crippen molar-refractivity contribution in [3.05, 3.63) is 91.8 Å². The molecule has 3 rings (SSSR count). The van der Waals surface area contributed by atoms with E-state index in [0.29, 0.717) is 29.0 Å². The molecule has 0 unspecified atom stereocenters. The fraction of sp³-hybridized carbons (Fsp3) is 0.182.